The van der Waals surface area contributed by atoms with Gasteiger partial charge >= 0.3 is 0 Å². The highest BCUT2D eigenvalue weighted by Gasteiger charge is 2.31. The van der Waals surface area contributed by atoms with E-state index < -0.39 is 10.0 Å². The highest BCUT2D eigenvalue weighted by atomic mass is 32.2. The molecule has 0 saturated carbocycles. The van der Waals surface area contributed by atoms with Crippen molar-refractivity contribution < 1.29 is 8.42 Å². The number of hydrogen-bond acceptors (Lipinski definition) is 5. The summed E-state index contributed by atoms with van der Waals surface area (Å²) in [6, 6.07) is 7.92. The fraction of sp³-hybridized carbons (Fsp3) is 0.429. The van der Waals surface area contributed by atoms with Crippen molar-refractivity contribution in [3.63, 3.8) is 0 Å². The van der Waals surface area contributed by atoms with E-state index in [-0.39, 0.29) is 0 Å². The van der Waals surface area contributed by atoms with Crippen molar-refractivity contribution in [1.82, 2.24) is 14.3 Å². The topological polar surface area (TPSA) is 66.4 Å². The molecule has 2 heterocycles. The molecule has 1 aliphatic heterocycles. The van der Waals surface area contributed by atoms with E-state index in [2.05, 4.69) is 14.9 Å². The van der Waals surface area contributed by atoms with E-state index in [1.54, 1.807) is 13.4 Å². The van der Waals surface area contributed by atoms with Gasteiger partial charge in [0, 0.05) is 38.0 Å². The molecule has 21 heavy (non-hydrogen) atoms. The molecule has 0 atom stereocenters. The third kappa shape index (κ3) is 2.84. The summed E-state index contributed by atoms with van der Waals surface area (Å²) in [7, 11) is -1.48. The van der Waals surface area contributed by atoms with Crippen LogP contribution in [0.4, 0.5) is 5.82 Å². The Morgan fingerprint density at radius 3 is 2.71 bits per heavy atom. The van der Waals surface area contributed by atoms with Crippen LogP contribution in [-0.2, 0) is 10.0 Å². The van der Waals surface area contributed by atoms with Gasteiger partial charge in [-0.05, 0) is 12.1 Å². The Morgan fingerprint density at radius 2 is 2.00 bits per heavy atom. The molecule has 0 radical (unpaired) electrons. The van der Waals surface area contributed by atoms with Gasteiger partial charge in [-0.25, -0.2) is 22.7 Å². The third-order valence-corrected chi connectivity index (χ3v) is 5.14. The van der Waals surface area contributed by atoms with Crippen molar-refractivity contribution in [2.45, 2.75) is 0 Å². The molecule has 6 nitrogen and oxygen atoms in total. The van der Waals surface area contributed by atoms with Crippen molar-refractivity contribution in [1.29, 1.82) is 0 Å². The van der Waals surface area contributed by atoms with Crippen LogP contribution in [0.15, 0.2) is 30.6 Å². The minimum absolute atomic E-state index is 0.346. The maximum absolute atomic E-state index is 11.4. The zero-order chi connectivity index (χ0) is 15.0. The summed E-state index contributed by atoms with van der Waals surface area (Å²) >= 11 is 0. The highest BCUT2D eigenvalue weighted by Crippen LogP contribution is 2.29. The average molecular weight is 306 g/mol. The number of benzene rings is 1. The van der Waals surface area contributed by atoms with Gasteiger partial charge in [0.25, 0.3) is 0 Å². The molecular formula is C14H18N4O2S. The van der Waals surface area contributed by atoms with Crippen LogP contribution < -0.4 is 4.90 Å². The summed E-state index contributed by atoms with van der Waals surface area (Å²) < 4.78 is 24.3. The van der Waals surface area contributed by atoms with Crippen molar-refractivity contribution in [3.05, 3.63) is 30.6 Å². The van der Waals surface area contributed by atoms with E-state index in [1.165, 1.54) is 10.6 Å². The molecule has 7 heteroatoms. The minimum atomic E-state index is -3.10. The van der Waals surface area contributed by atoms with Crippen molar-refractivity contribution >= 4 is 26.7 Å². The van der Waals surface area contributed by atoms with Gasteiger partial charge in [0.15, 0.2) is 0 Å². The zero-order valence-electron chi connectivity index (χ0n) is 12.1. The molecule has 1 aliphatic rings. The Labute approximate surface area is 124 Å². The first kappa shape index (κ1) is 14.2. The van der Waals surface area contributed by atoms with Gasteiger partial charge in [0.2, 0.25) is 10.0 Å². The standard InChI is InChI=1S/C14H18N4O2S/c1-17(21(2,19)20)7-11-8-18(9-11)14-12-5-3-4-6-13(12)15-10-16-14/h3-6,10-11H,7-9H2,1-2H3. The number of hydrogen-bond donors (Lipinski definition) is 0. The maximum Gasteiger partial charge on any atom is 0.210 e. The summed E-state index contributed by atoms with van der Waals surface area (Å²) in [4.78, 5) is 10.8. The highest BCUT2D eigenvalue weighted by molar-refractivity contribution is 7.88. The van der Waals surface area contributed by atoms with Crippen LogP contribution in [0.2, 0.25) is 0 Å². The van der Waals surface area contributed by atoms with E-state index in [1.807, 2.05) is 24.3 Å². The van der Waals surface area contributed by atoms with E-state index in [0.717, 1.165) is 29.8 Å². The Morgan fingerprint density at radius 1 is 1.29 bits per heavy atom. The van der Waals surface area contributed by atoms with Crippen molar-refractivity contribution in [3.8, 4) is 0 Å². The predicted octanol–water partition coefficient (Wildman–Crippen LogP) is 0.957. The SMILES string of the molecule is CN(CC1CN(c2ncnc3ccccc23)C1)S(C)(=O)=O. The second-order valence-corrected chi connectivity index (χ2v) is 7.62. The van der Waals surface area contributed by atoms with Crippen LogP contribution >= 0.6 is 0 Å². The molecule has 1 aromatic carbocycles. The van der Waals surface area contributed by atoms with Crippen LogP contribution in [-0.4, -0.2) is 55.6 Å². The fourth-order valence-electron chi connectivity index (χ4n) is 2.60. The molecule has 1 aromatic heterocycles. The molecule has 0 bridgehead atoms. The number of sulfonamides is 1. The quantitative estimate of drug-likeness (QED) is 0.841. The van der Waals surface area contributed by atoms with Crippen LogP contribution in [0.25, 0.3) is 10.9 Å². The predicted molar refractivity (Wildman–Crippen MR) is 82.7 cm³/mol. The number of aromatic nitrogens is 2. The summed E-state index contributed by atoms with van der Waals surface area (Å²) in [5.41, 5.74) is 0.930. The summed E-state index contributed by atoms with van der Waals surface area (Å²) in [6.07, 6.45) is 2.81. The Balaban J connectivity index is 1.71. The normalized spacial score (nSPS) is 16.4. The van der Waals surface area contributed by atoms with E-state index >= 15 is 0 Å². The first-order chi connectivity index (χ1) is 9.95. The van der Waals surface area contributed by atoms with Gasteiger partial charge in [0.1, 0.15) is 12.1 Å². The van der Waals surface area contributed by atoms with E-state index in [4.69, 9.17) is 0 Å². The Hall–Kier alpha value is -1.73. The van der Waals surface area contributed by atoms with E-state index in [9.17, 15) is 8.42 Å². The smallest absolute Gasteiger partial charge is 0.210 e. The minimum Gasteiger partial charge on any atom is -0.355 e. The van der Waals surface area contributed by atoms with Gasteiger partial charge in [-0.15, -0.1) is 0 Å². The molecule has 1 saturated heterocycles. The fourth-order valence-corrected chi connectivity index (χ4v) is 3.08. The van der Waals surface area contributed by atoms with Gasteiger partial charge in [-0.2, -0.15) is 0 Å². The van der Waals surface area contributed by atoms with Crippen LogP contribution in [0.5, 0.6) is 0 Å². The number of nitrogens with zero attached hydrogens (tertiary/aromatic N) is 4. The molecule has 0 aliphatic carbocycles. The van der Waals surface area contributed by atoms with Gasteiger partial charge in [0.05, 0.1) is 11.8 Å². The zero-order valence-corrected chi connectivity index (χ0v) is 12.9. The Bertz CT molecular complexity index is 751. The molecule has 1 fully saturated rings. The first-order valence-electron chi connectivity index (χ1n) is 6.81. The van der Waals surface area contributed by atoms with Crippen molar-refractivity contribution in [2.75, 3.05) is 37.8 Å². The van der Waals surface area contributed by atoms with Crippen molar-refractivity contribution in [2.24, 2.45) is 5.92 Å². The lowest BCUT2D eigenvalue weighted by Gasteiger charge is -2.41. The number of para-hydroxylation sites is 1. The number of anilines is 1. The summed E-state index contributed by atoms with van der Waals surface area (Å²) in [5.74, 6) is 1.28. The van der Waals surface area contributed by atoms with Crippen LogP contribution in [0.1, 0.15) is 0 Å². The molecular weight excluding hydrogens is 288 g/mol. The molecule has 0 amide bonds. The molecule has 0 unspecified atom stereocenters. The average Bonchev–Trinajstić information content (AvgIpc) is 2.40. The van der Waals surface area contributed by atoms with Gasteiger partial charge in [-0.3, -0.25) is 0 Å². The third-order valence-electron chi connectivity index (χ3n) is 3.86. The molecule has 2 aromatic rings. The second kappa shape index (κ2) is 5.23. The largest absolute Gasteiger partial charge is 0.355 e. The maximum atomic E-state index is 11.4. The first-order valence-corrected chi connectivity index (χ1v) is 8.66. The van der Waals surface area contributed by atoms with E-state index in [0.29, 0.717) is 12.5 Å². The Kier molecular flexibility index (Phi) is 3.54. The molecule has 0 N–H and O–H groups in total. The molecule has 3 rings (SSSR count). The molecule has 0 spiro atoms. The lowest BCUT2D eigenvalue weighted by Crippen LogP contribution is -2.52. The monoisotopic (exact) mass is 306 g/mol. The summed E-state index contributed by atoms with van der Waals surface area (Å²) in [6.45, 7) is 2.19. The lowest BCUT2D eigenvalue weighted by molar-refractivity contribution is 0.327. The lowest BCUT2D eigenvalue weighted by atomic mass is 9.99. The second-order valence-electron chi connectivity index (χ2n) is 5.53. The van der Waals surface area contributed by atoms with Crippen LogP contribution in [0.3, 0.4) is 0 Å². The molecule has 112 valence electrons. The summed E-state index contributed by atoms with van der Waals surface area (Å²) in [5, 5.41) is 1.04. The van der Waals surface area contributed by atoms with Crippen LogP contribution in [0, 0.1) is 5.92 Å². The van der Waals surface area contributed by atoms with Gasteiger partial charge < -0.3 is 4.90 Å². The van der Waals surface area contributed by atoms with Gasteiger partial charge in [-0.1, -0.05) is 12.1 Å². The number of rotatable bonds is 4. The number of fused-ring (bicyclic) bond motifs is 1.